The van der Waals surface area contributed by atoms with E-state index in [-0.39, 0.29) is 0 Å². The Labute approximate surface area is 107 Å². The van der Waals surface area contributed by atoms with Crippen molar-refractivity contribution < 1.29 is 4.42 Å². The Balaban J connectivity index is 2.18. The van der Waals surface area contributed by atoms with Crippen LogP contribution in [0.4, 0.5) is 0 Å². The number of rotatable bonds is 1. The summed E-state index contributed by atoms with van der Waals surface area (Å²) < 4.78 is 6.43. The van der Waals surface area contributed by atoms with E-state index in [9.17, 15) is 0 Å². The van der Waals surface area contributed by atoms with Gasteiger partial charge >= 0.3 is 0 Å². The summed E-state index contributed by atoms with van der Waals surface area (Å²) in [6, 6.07) is 11.8. The molecule has 17 heavy (non-hydrogen) atoms. The summed E-state index contributed by atoms with van der Waals surface area (Å²) in [5.74, 6) is 0.606. The monoisotopic (exact) mass is 288 g/mol. The van der Waals surface area contributed by atoms with Crippen LogP contribution in [0.2, 0.25) is 0 Å². The van der Waals surface area contributed by atoms with Crippen LogP contribution in [0.15, 0.2) is 45.4 Å². The van der Waals surface area contributed by atoms with Crippen LogP contribution in [-0.2, 0) is 0 Å². The molecule has 0 aliphatic heterocycles. The van der Waals surface area contributed by atoms with Gasteiger partial charge in [-0.25, -0.2) is 4.98 Å². The number of fused-ring (bicyclic) bond motifs is 1. The topological polar surface area (TPSA) is 38.9 Å². The van der Waals surface area contributed by atoms with E-state index in [1.165, 1.54) is 5.56 Å². The highest BCUT2D eigenvalue weighted by Gasteiger charge is 2.09. The minimum atomic E-state index is 0.606. The first kappa shape index (κ1) is 10.5. The molecular formula is C13H9BrN2O. The van der Waals surface area contributed by atoms with Gasteiger partial charge in [0.1, 0.15) is 4.60 Å². The van der Waals surface area contributed by atoms with Gasteiger partial charge in [0.25, 0.3) is 0 Å². The summed E-state index contributed by atoms with van der Waals surface area (Å²) in [5, 5.41) is 0. The molecule has 3 nitrogen and oxygen atoms in total. The van der Waals surface area contributed by atoms with Gasteiger partial charge in [-0.3, -0.25) is 0 Å². The Hall–Kier alpha value is -1.68. The number of aromatic nitrogens is 2. The van der Waals surface area contributed by atoms with Crippen molar-refractivity contribution in [1.29, 1.82) is 0 Å². The van der Waals surface area contributed by atoms with Crippen molar-refractivity contribution in [3.63, 3.8) is 0 Å². The van der Waals surface area contributed by atoms with Gasteiger partial charge in [-0.05, 0) is 47.1 Å². The van der Waals surface area contributed by atoms with Crippen LogP contribution in [0.1, 0.15) is 5.56 Å². The molecule has 84 valence electrons. The fraction of sp³-hybridized carbons (Fsp3) is 0.0769. The molecule has 0 saturated heterocycles. The van der Waals surface area contributed by atoms with Crippen molar-refractivity contribution in [3.8, 4) is 11.5 Å². The molecule has 2 aromatic heterocycles. The number of benzene rings is 1. The summed E-state index contributed by atoms with van der Waals surface area (Å²) in [7, 11) is 0. The lowest BCUT2D eigenvalue weighted by Gasteiger charge is -1.95. The molecule has 0 spiro atoms. The Bertz CT molecular complexity index is 691. The minimum Gasteiger partial charge on any atom is -0.434 e. The van der Waals surface area contributed by atoms with E-state index < -0.39 is 0 Å². The summed E-state index contributed by atoms with van der Waals surface area (Å²) in [6.07, 6.45) is 0. The molecule has 0 radical (unpaired) electrons. The summed E-state index contributed by atoms with van der Waals surface area (Å²) in [4.78, 5) is 8.63. The Kier molecular flexibility index (Phi) is 2.44. The lowest BCUT2D eigenvalue weighted by atomic mass is 10.1. The van der Waals surface area contributed by atoms with Gasteiger partial charge < -0.3 is 4.42 Å². The standard InChI is InChI=1S/C13H9BrN2O/c1-8-3-2-4-9(7-8)13-16-12-10(17-13)5-6-11(14)15-12/h2-7H,1H3. The molecule has 4 heteroatoms. The van der Waals surface area contributed by atoms with Crippen molar-refractivity contribution in [3.05, 3.63) is 46.6 Å². The van der Waals surface area contributed by atoms with Crippen molar-refractivity contribution >= 4 is 27.2 Å². The molecule has 0 bridgehead atoms. The molecule has 3 rings (SSSR count). The number of pyridine rings is 1. The van der Waals surface area contributed by atoms with Crippen molar-refractivity contribution in [1.82, 2.24) is 9.97 Å². The molecule has 0 atom stereocenters. The molecule has 2 heterocycles. The maximum Gasteiger partial charge on any atom is 0.228 e. The Morgan fingerprint density at radius 1 is 1.12 bits per heavy atom. The quantitative estimate of drug-likeness (QED) is 0.636. The van der Waals surface area contributed by atoms with E-state index >= 15 is 0 Å². The molecular weight excluding hydrogens is 280 g/mol. The summed E-state index contributed by atoms with van der Waals surface area (Å²) in [6.45, 7) is 2.04. The van der Waals surface area contributed by atoms with Crippen LogP contribution < -0.4 is 0 Å². The molecule has 1 aromatic carbocycles. The van der Waals surface area contributed by atoms with E-state index in [1.54, 1.807) is 0 Å². The smallest absolute Gasteiger partial charge is 0.228 e. The highest BCUT2D eigenvalue weighted by Crippen LogP contribution is 2.24. The zero-order valence-corrected chi connectivity index (χ0v) is 10.7. The normalized spacial score (nSPS) is 10.9. The third-order valence-electron chi connectivity index (χ3n) is 2.48. The van der Waals surface area contributed by atoms with E-state index in [4.69, 9.17) is 4.42 Å². The van der Waals surface area contributed by atoms with E-state index in [0.29, 0.717) is 17.1 Å². The Morgan fingerprint density at radius 3 is 2.82 bits per heavy atom. The summed E-state index contributed by atoms with van der Waals surface area (Å²) in [5.41, 5.74) is 3.47. The van der Waals surface area contributed by atoms with Crippen LogP contribution in [0.3, 0.4) is 0 Å². The second-order valence-electron chi connectivity index (χ2n) is 3.84. The molecule has 0 aliphatic carbocycles. The average molecular weight is 289 g/mol. The van der Waals surface area contributed by atoms with Crippen molar-refractivity contribution in [2.45, 2.75) is 6.92 Å². The third kappa shape index (κ3) is 1.96. The van der Waals surface area contributed by atoms with Gasteiger partial charge in [0.2, 0.25) is 5.89 Å². The maximum absolute atomic E-state index is 5.67. The van der Waals surface area contributed by atoms with E-state index in [0.717, 1.165) is 10.2 Å². The van der Waals surface area contributed by atoms with Gasteiger partial charge in [0.15, 0.2) is 11.2 Å². The predicted octanol–water partition coefficient (Wildman–Crippen LogP) is 3.96. The van der Waals surface area contributed by atoms with Gasteiger partial charge in [0.05, 0.1) is 0 Å². The van der Waals surface area contributed by atoms with Crippen molar-refractivity contribution in [2.75, 3.05) is 0 Å². The fourth-order valence-corrected chi connectivity index (χ4v) is 2.00. The number of aryl methyl sites for hydroxylation is 1. The van der Waals surface area contributed by atoms with Crippen LogP contribution in [0.25, 0.3) is 22.7 Å². The molecule has 0 saturated carbocycles. The highest BCUT2D eigenvalue weighted by molar-refractivity contribution is 9.10. The van der Waals surface area contributed by atoms with Crippen LogP contribution in [-0.4, -0.2) is 9.97 Å². The van der Waals surface area contributed by atoms with Gasteiger partial charge in [-0.2, -0.15) is 4.98 Å². The lowest BCUT2D eigenvalue weighted by Crippen LogP contribution is -1.79. The second-order valence-corrected chi connectivity index (χ2v) is 4.66. The van der Waals surface area contributed by atoms with Crippen LogP contribution in [0, 0.1) is 6.92 Å². The first-order chi connectivity index (χ1) is 8.22. The van der Waals surface area contributed by atoms with E-state index in [2.05, 4.69) is 25.9 Å². The van der Waals surface area contributed by atoms with E-state index in [1.807, 2.05) is 43.3 Å². The van der Waals surface area contributed by atoms with Gasteiger partial charge in [-0.15, -0.1) is 0 Å². The highest BCUT2D eigenvalue weighted by atomic mass is 79.9. The molecule has 3 aromatic rings. The first-order valence-electron chi connectivity index (χ1n) is 5.22. The van der Waals surface area contributed by atoms with Gasteiger partial charge in [0, 0.05) is 5.56 Å². The van der Waals surface area contributed by atoms with Crippen LogP contribution >= 0.6 is 15.9 Å². The lowest BCUT2D eigenvalue weighted by molar-refractivity contribution is 0.619. The first-order valence-corrected chi connectivity index (χ1v) is 6.02. The molecule has 0 N–H and O–H groups in total. The predicted molar refractivity (Wildman–Crippen MR) is 69.7 cm³/mol. The van der Waals surface area contributed by atoms with Crippen LogP contribution in [0.5, 0.6) is 0 Å². The molecule has 0 amide bonds. The number of oxazole rings is 1. The van der Waals surface area contributed by atoms with Crippen molar-refractivity contribution in [2.24, 2.45) is 0 Å². The molecule has 0 aliphatic rings. The number of halogens is 1. The largest absolute Gasteiger partial charge is 0.434 e. The molecule has 0 fully saturated rings. The zero-order valence-electron chi connectivity index (χ0n) is 9.14. The minimum absolute atomic E-state index is 0.606. The summed E-state index contributed by atoms with van der Waals surface area (Å²) >= 11 is 3.32. The van der Waals surface area contributed by atoms with Gasteiger partial charge in [-0.1, -0.05) is 17.7 Å². The third-order valence-corrected chi connectivity index (χ3v) is 2.93. The number of nitrogens with zero attached hydrogens (tertiary/aromatic N) is 2. The number of hydrogen-bond donors (Lipinski definition) is 0. The second kappa shape index (κ2) is 3.96. The Morgan fingerprint density at radius 2 is 2.00 bits per heavy atom. The average Bonchev–Trinajstić information content (AvgIpc) is 2.72. The zero-order chi connectivity index (χ0) is 11.8. The SMILES string of the molecule is Cc1cccc(-c2nc3nc(Br)ccc3o2)c1. The fourth-order valence-electron chi connectivity index (χ4n) is 1.70. The maximum atomic E-state index is 5.67. The molecule has 0 unspecified atom stereocenters. The number of hydrogen-bond acceptors (Lipinski definition) is 3.